The average molecular weight is 546 g/mol. The third-order valence-electron chi connectivity index (χ3n) is 5.84. The number of nitrogens with zero attached hydrogens (tertiary/aromatic N) is 3. The Hall–Kier alpha value is -5.52. The number of amides is 1. The fourth-order valence-corrected chi connectivity index (χ4v) is 3.93. The van der Waals surface area contributed by atoms with Crippen molar-refractivity contribution in [3.63, 3.8) is 0 Å². The molecule has 202 valence electrons. The summed E-state index contributed by atoms with van der Waals surface area (Å²) in [6.45, 7) is 0. The third-order valence-corrected chi connectivity index (χ3v) is 5.84. The molecule has 0 aliphatic rings. The quantitative estimate of drug-likeness (QED) is 0.272. The molecule has 2 aromatic carbocycles. The van der Waals surface area contributed by atoms with Crippen LogP contribution in [0.1, 0.15) is 10.4 Å². The predicted molar refractivity (Wildman–Crippen MR) is 140 cm³/mol. The number of hydrogen-bond donors (Lipinski definition) is 2. The van der Waals surface area contributed by atoms with Gasteiger partial charge in [-0.25, -0.2) is 18.5 Å². The van der Waals surface area contributed by atoms with Gasteiger partial charge in [0.1, 0.15) is 16.9 Å². The van der Waals surface area contributed by atoms with Crippen molar-refractivity contribution >= 4 is 22.6 Å². The van der Waals surface area contributed by atoms with Gasteiger partial charge in [-0.1, -0.05) is 12.1 Å². The molecule has 5 rings (SSSR count). The van der Waals surface area contributed by atoms with Gasteiger partial charge in [0.25, 0.3) is 11.8 Å². The molecule has 0 saturated heterocycles. The number of carbonyl (C=O) groups is 1. The number of aromatic nitrogens is 3. The van der Waals surface area contributed by atoms with E-state index in [1.54, 1.807) is 6.07 Å². The zero-order valence-corrected chi connectivity index (χ0v) is 21.0. The standard InChI is InChI=1S/C28H20F2N4O6/c1-38-24-12-21-25(33-28(24)39-2)23(9-10-31-21)40-22-8-7-17(11-20(22)30)32-27(36)19-14-34(37)13-18(26(19)35)15-3-5-16(29)6-4-15/h3-14,37H,1-2H3,(H,32,36). The lowest BCUT2D eigenvalue weighted by Crippen LogP contribution is -2.24. The Morgan fingerprint density at radius 1 is 0.950 bits per heavy atom. The second-order valence-corrected chi connectivity index (χ2v) is 8.38. The molecular formula is C28H20F2N4O6. The highest BCUT2D eigenvalue weighted by Crippen LogP contribution is 2.35. The largest absolute Gasteiger partial charge is 0.491 e. The van der Waals surface area contributed by atoms with Gasteiger partial charge in [-0.3, -0.25) is 14.6 Å². The van der Waals surface area contributed by atoms with E-state index in [1.165, 1.54) is 50.7 Å². The van der Waals surface area contributed by atoms with E-state index in [2.05, 4.69) is 15.3 Å². The number of benzene rings is 2. The lowest BCUT2D eigenvalue weighted by molar-refractivity contribution is 0.102. The zero-order valence-electron chi connectivity index (χ0n) is 21.0. The molecule has 12 heteroatoms. The molecule has 3 aromatic heterocycles. The van der Waals surface area contributed by atoms with E-state index in [9.17, 15) is 19.2 Å². The summed E-state index contributed by atoms with van der Waals surface area (Å²) in [5.74, 6) is -1.64. The van der Waals surface area contributed by atoms with Crippen LogP contribution in [0.2, 0.25) is 0 Å². The van der Waals surface area contributed by atoms with Crippen molar-refractivity contribution in [1.29, 1.82) is 0 Å². The van der Waals surface area contributed by atoms with Gasteiger partial charge in [0.2, 0.25) is 5.43 Å². The van der Waals surface area contributed by atoms with Crippen LogP contribution < -0.4 is 25.0 Å². The summed E-state index contributed by atoms with van der Waals surface area (Å²) < 4.78 is 45.1. The Labute approximate surface area is 225 Å². The van der Waals surface area contributed by atoms with Crippen LogP contribution in [0.5, 0.6) is 23.1 Å². The fraction of sp³-hybridized carbons (Fsp3) is 0.0714. The maximum absolute atomic E-state index is 15.0. The van der Waals surface area contributed by atoms with Gasteiger partial charge in [0.15, 0.2) is 23.1 Å². The van der Waals surface area contributed by atoms with E-state index in [0.717, 1.165) is 30.6 Å². The molecule has 0 saturated carbocycles. The topological polar surface area (TPSA) is 125 Å². The zero-order chi connectivity index (χ0) is 28.4. The third kappa shape index (κ3) is 5.10. The van der Waals surface area contributed by atoms with E-state index in [0.29, 0.717) is 27.1 Å². The minimum atomic E-state index is -0.893. The average Bonchev–Trinajstić information content (AvgIpc) is 2.95. The molecule has 0 radical (unpaired) electrons. The van der Waals surface area contributed by atoms with Crippen molar-refractivity contribution in [3.05, 3.63) is 101 Å². The van der Waals surface area contributed by atoms with Gasteiger partial charge >= 0.3 is 0 Å². The Morgan fingerprint density at radius 3 is 2.42 bits per heavy atom. The van der Waals surface area contributed by atoms with Crippen LogP contribution in [0.4, 0.5) is 14.5 Å². The molecule has 10 nitrogen and oxygen atoms in total. The smallest absolute Gasteiger partial charge is 0.261 e. The lowest BCUT2D eigenvalue weighted by atomic mass is 10.0. The van der Waals surface area contributed by atoms with Crippen LogP contribution in [-0.2, 0) is 0 Å². The number of anilines is 1. The van der Waals surface area contributed by atoms with Crippen LogP contribution in [0.25, 0.3) is 22.2 Å². The maximum Gasteiger partial charge on any atom is 0.261 e. The van der Waals surface area contributed by atoms with Crippen molar-refractivity contribution in [3.8, 4) is 34.3 Å². The summed E-state index contributed by atoms with van der Waals surface area (Å²) in [6.07, 6.45) is 3.48. The SMILES string of the molecule is COc1cc2nccc(Oc3ccc(NC(=O)c4cn(O)cc(-c5ccc(F)cc5)c4=O)cc3F)c2nc1OC. The van der Waals surface area contributed by atoms with Crippen molar-refractivity contribution in [2.24, 2.45) is 0 Å². The molecule has 0 fully saturated rings. The molecule has 1 amide bonds. The van der Waals surface area contributed by atoms with Crippen molar-refractivity contribution in [2.75, 3.05) is 19.5 Å². The summed E-state index contributed by atoms with van der Waals surface area (Å²) in [5, 5.41) is 12.5. The van der Waals surface area contributed by atoms with Crippen LogP contribution in [0.15, 0.2) is 78.0 Å². The monoisotopic (exact) mass is 546 g/mol. The Bertz CT molecular complexity index is 1810. The first kappa shape index (κ1) is 26.1. The molecular weight excluding hydrogens is 526 g/mol. The molecule has 40 heavy (non-hydrogen) atoms. The highest BCUT2D eigenvalue weighted by atomic mass is 19.1. The summed E-state index contributed by atoms with van der Waals surface area (Å²) in [5.41, 5.74) is -0.101. The van der Waals surface area contributed by atoms with Gasteiger partial charge in [-0.15, -0.1) is 0 Å². The number of carbonyl (C=O) groups excluding carboxylic acids is 1. The molecule has 0 atom stereocenters. The molecule has 0 bridgehead atoms. The van der Waals surface area contributed by atoms with Crippen LogP contribution in [0, 0.1) is 11.6 Å². The van der Waals surface area contributed by atoms with E-state index >= 15 is 4.39 Å². The first-order chi connectivity index (χ1) is 19.3. The minimum absolute atomic E-state index is 0.0232. The normalized spacial score (nSPS) is 10.8. The molecule has 5 aromatic rings. The molecule has 2 N–H and O–H groups in total. The van der Waals surface area contributed by atoms with Gasteiger partial charge < -0.3 is 24.7 Å². The Kier molecular flexibility index (Phi) is 6.98. The van der Waals surface area contributed by atoms with Crippen molar-refractivity contribution in [2.45, 2.75) is 0 Å². The van der Waals surface area contributed by atoms with E-state index in [4.69, 9.17) is 14.2 Å². The first-order valence-corrected chi connectivity index (χ1v) is 11.7. The molecule has 0 spiro atoms. The second kappa shape index (κ2) is 10.7. The number of hydrogen-bond acceptors (Lipinski definition) is 8. The summed E-state index contributed by atoms with van der Waals surface area (Å²) in [6, 6.07) is 11.8. The van der Waals surface area contributed by atoms with Crippen molar-refractivity contribution in [1.82, 2.24) is 14.7 Å². The van der Waals surface area contributed by atoms with E-state index in [-0.39, 0.29) is 28.6 Å². The van der Waals surface area contributed by atoms with Crippen LogP contribution in [0.3, 0.4) is 0 Å². The number of rotatable bonds is 7. The number of pyridine rings is 3. The highest BCUT2D eigenvalue weighted by molar-refractivity contribution is 6.04. The summed E-state index contributed by atoms with van der Waals surface area (Å²) in [4.78, 5) is 34.4. The minimum Gasteiger partial charge on any atom is -0.491 e. The van der Waals surface area contributed by atoms with E-state index in [1.807, 2.05) is 0 Å². The van der Waals surface area contributed by atoms with Crippen LogP contribution in [-0.4, -0.2) is 40.0 Å². The molecule has 3 heterocycles. The molecule has 0 unspecified atom stereocenters. The Morgan fingerprint density at radius 2 is 1.73 bits per heavy atom. The van der Waals surface area contributed by atoms with Gasteiger partial charge in [-0.05, 0) is 29.8 Å². The van der Waals surface area contributed by atoms with Gasteiger partial charge in [0, 0.05) is 35.6 Å². The summed E-state index contributed by atoms with van der Waals surface area (Å²) in [7, 11) is 2.89. The second-order valence-electron chi connectivity index (χ2n) is 8.38. The number of halogens is 2. The lowest BCUT2D eigenvalue weighted by Gasteiger charge is -2.12. The number of fused-ring (bicyclic) bond motifs is 1. The highest BCUT2D eigenvalue weighted by Gasteiger charge is 2.18. The fourth-order valence-electron chi connectivity index (χ4n) is 3.93. The molecule has 0 aliphatic carbocycles. The maximum atomic E-state index is 15.0. The Balaban J connectivity index is 1.40. The van der Waals surface area contributed by atoms with Crippen LogP contribution >= 0.6 is 0 Å². The first-order valence-electron chi connectivity index (χ1n) is 11.7. The number of nitrogens with one attached hydrogen (secondary N) is 1. The summed E-state index contributed by atoms with van der Waals surface area (Å²) >= 11 is 0. The number of ether oxygens (including phenoxy) is 3. The van der Waals surface area contributed by atoms with Gasteiger partial charge in [0.05, 0.1) is 32.1 Å². The number of methoxy groups -OCH3 is 2. The van der Waals surface area contributed by atoms with Crippen molar-refractivity contribution < 1.29 is 33.0 Å². The predicted octanol–water partition coefficient (Wildman–Crippen LogP) is 5.04. The van der Waals surface area contributed by atoms with E-state index < -0.39 is 28.5 Å². The molecule has 0 aliphatic heterocycles. The van der Waals surface area contributed by atoms with Gasteiger partial charge in [-0.2, -0.15) is 0 Å².